The van der Waals surface area contributed by atoms with Gasteiger partial charge in [0.05, 0.1) is 24.0 Å². The number of halogens is 1. The van der Waals surface area contributed by atoms with E-state index in [1.807, 2.05) is 42.4 Å². The van der Waals surface area contributed by atoms with Gasteiger partial charge < -0.3 is 9.80 Å². The summed E-state index contributed by atoms with van der Waals surface area (Å²) in [6, 6.07) is 13.8. The van der Waals surface area contributed by atoms with Crippen molar-refractivity contribution in [3.63, 3.8) is 0 Å². The SMILES string of the molecule is CN1C(=O)c2ccccc2N(C)[C@@H]1c1cn(Cc2ccc(F)cc2)nn1. The zero-order chi connectivity index (χ0) is 18.3. The van der Waals surface area contributed by atoms with Crippen molar-refractivity contribution >= 4 is 11.6 Å². The van der Waals surface area contributed by atoms with E-state index < -0.39 is 0 Å². The Balaban J connectivity index is 1.63. The van der Waals surface area contributed by atoms with Crippen molar-refractivity contribution in [2.45, 2.75) is 12.7 Å². The Morgan fingerprint density at radius 2 is 1.77 bits per heavy atom. The lowest BCUT2D eigenvalue weighted by Gasteiger charge is -2.40. The maximum Gasteiger partial charge on any atom is 0.257 e. The van der Waals surface area contributed by atoms with Crippen LogP contribution in [0.1, 0.15) is 27.8 Å². The van der Waals surface area contributed by atoms with Crippen molar-refractivity contribution in [1.82, 2.24) is 19.9 Å². The van der Waals surface area contributed by atoms with Crippen LogP contribution in [-0.2, 0) is 6.54 Å². The second-order valence-electron chi connectivity index (χ2n) is 6.39. The maximum absolute atomic E-state index is 13.0. The summed E-state index contributed by atoms with van der Waals surface area (Å²) < 4.78 is 14.7. The Morgan fingerprint density at radius 1 is 1.04 bits per heavy atom. The molecule has 3 aromatic rings. The van der Waals surface area contributed by atoms with Crippen LogP contribution >= 0.6 is 0 Å². The van der Waals surface area contributed by atoms with E-state index in [4.69, 9.17) is 0 Å². The smallest absolute Gasteiger partial charge is 0.257 e. The Hall–Kier alpha value is -3.22. The number of benzene rings is 2. The van der Waals surface area contributed by atoms with Gasteiger partial charge in [0.15, 0.2) is 6.17 Å². The Morgan fingerprint density at radius 3 is 2.54 bits per heavy atom. The molecule has 0 radical (unpaired) electrons. The molecule has 1 aromatic heterocycles. The number of carbonyl (C=O) groups is 1. The predicted octanol–water partition coefficient (Wildman–Crippen LogP) is 2.69. The van der Waals surface area contributed by atoms with Gasteiger partial charge in [-0.25, -0.2) is 9.07 Å². The fourth-order valence-corrected chi connectivity index (χ4v) is 3.34. The van der Waals surface area contributed by atoms with Gasteiger partial charge >= 0.3 is 0 Å². The lowest BCUT2D eigenvalue weighted by Crippen LogP contribution is -2.45. The lowest BCUT2D eigenvalue weighted by atomic mass is 10.1. The quantitative estimate of drug-likeness (QED) is 0.728. The van der Waals surface area contributed by atoms with Gasteiger partial charge in [-0.05, 0) is 29.8 Å². The van der Waals surface area contributed by atoms with Gasteiger partial charge in [-0.1, -0.05) is 29.5 Å². The topological polar surface area (TPSA) is 54.3 Å². The summed E-state index contributed by atoms with van der Waals surface area (Å²) >= 11 is 0. The zero-order valence-electron chi connectivity index (χ0n) is 14.5. The molecule has 26 heavy (non-hydrogen) atoms. The van der Waals surface area contributed by atoms with Crippen LogP contribution in [0.3, 0.4) is 0 Å². The summed E-state index contributed by atoms with van der Waals surface area (Å²) in [6.07, 6.45) is 1.49. The molecule has 0 bridgehead atoms. The Bertz CT molecular complexity index is 953. The number of nitrogens with zero attached hydrogens (tertiary/aromatic N) is 5. The first-order chi connectivity index (χ1) is 12.5. The molecule has 0 aliphatic carbocycles. The van der Waals surface area contributed by atoms with Crippen LogP contribution in [0.2, 0.25) is 0 Å². The summed E-state index contributed by atoms with van der Waals surface area (Å²) in [5.74, 6) is -0.313. The van der Waals surface area contributed by atoms with Crippen LogP contribution in [0.4, 0.5) is 10.1 Å². The molecule has 0 fully saturated rings. The summed E-state index contributed by atoms with van der Waals surface area (Å²) in [5, 5.41) is 8.43. The van der Waals surface area contributed by atoms with Gasteiger partial charge in [0.25, 0.3) is 5.91 Å². The van der Waals surface area contributed by atoms with E-state index in [-0.39, 0.29) is 17.9 Å². The van der Waals surface area contributed by atoms with Crippen molar-refractivity contribution in [2.75, 3.05) is 19.0 Å². The number of fused-ring (bicyclic) bond motifs is 1. The van der Waals surface area contributed by atoms with Gasteiger partial charge in [-0.2, -0.15) is 0 Å². The van der Waals surface area contributed by atoms with E-state index in [0.717, 1.165) is 11.3 Å². The molecule has 1 aliphatic rings. The number of hydrogen-bond acceptors (Lipinski definition) is 4. The Kier molecular flexibility index (Phi) is 3.91. The van der Waals surface area contributed by atoms with E-state index >= 15 is 0 Å². The highest BCUT2D eigenvalue weighted by atomic mass is 19.1. The van der Waals surface area contributed by atoms with Crippen molar-refractivity contribution in [2.24, 2.45) is 0 Å². The molecule has 1 atom stereocenters. The van der Waals surface area contributed by atoms with Crippen LogP contribution < -0.4 is 4.90 Å². The highest BCUT2D eigenvalue weighted by Gasteiger charge is 2.35. The molecule has 2 heterocycles. The third-order valence-corrected chi connectivity index (χ3v) is 4.65. The first kappa shape index (κ1) is 16.3. The van der Waals surface area contributed by atoms with Crippen LogP contribution in [0.25, 0.3) is 0 Å². The van der Waals surface area contributed by atoms with E-state index in [9.17, 15) is 9.18 Å². The average Bonchev–Trinajstić information content (AvgIpc) is 3.10. The van der Waals surface area contributed by atoms with Crippen LogP contribution in [0, 0.1) is 5.82 Å². The number of rotatable bonds is 3. The van der Waals surface area contributed by atoms with Gasteiger partial charge in [0.2, 0.25) is 0 Å². The minimum atomic E-state index is -0.334. The second kappa shape index (κ2) is 6.25. The molecular formula is C19H18FN5O. The lowest BCUT2D eigenvalue weighted by molar-refractivity contribution is 0.0707. The Labute approximate surface area is 150 Å². The summed E-state index contributed by atoms with van der Waals surface area (Å²) in [6.45, 7) is 0.484. The van der Waals surface area contributed by atoms with Gasteiger partial charge in [0.1, 0.15) is 11.5 Å². The normalized spacial score (nSPS) is 16.7. The van der Waals surface area contributed by atoms with E-state index in [2.05, 4.69) is 10.3 Å². The third-order valence-electron chi connectivity index (χ3n) is 4.65. The maximum atomic E-state index is 13.0. The number of anilines is 1. The van der Waals surface area contributed by atoms with Crippen molar-refractivity contribution in [3.8, 4) is 0 Å². The average molecular weight is 351 g/mol. The van der Waals surface area contributed by atoms with E-state index in [0.29, 0.717) is 17.8 Å². The third kappa shape index (κ3) is 2.71. The fraction of sp³-hybridized carbons (Fsp3) is 0.211. The number of hydrogen-bond donors (Lipinski definition) is 0. The molecule has 132 valence electrons. The molecule has 0 saturated heterocycles. The second-order valence-corrected chi connectivity index (χ2v) is 6.39. The number of amides is 1. The molecular weight excluding hydrogens is 333 g/mol. The van der Waals surface area contributed by atoms with E-state index in [1.54, 1.807) is 28.8 Å². The van der Waals surface area contributed by atoms with Gasteiger partial charge in [0, 0.05) is 14.1 Å². The molecule has 4 rings (SSSR count). The van der Waals surface area contributed by atoms with Crippen LogP contribution in [0.15, 0.2) is 54.7 Å². The highest BCUT2D eigenvalue weighted by Crippen LogP contribution is 2.35. The fourth-order valence-electron chi connectivity index (χ4n) is 3.34. The first-order valence-corrected chi connectivity index (χ1v) is 8.28. The van der Waals surface area contributed by atoms with E-state index in [1.165, 1.54) is 12.1 Å². The predicted molar refractivity (Wildman–Crippen MR) is 95.2 cm³/mol. The molecule has 6 nitrogen and oxygen atoms in total. The van der Waals surface area contributed by atoms with Gasteiger partial charge in [-0.3, -0.25) is 4.79 Å². The van der Waals surface area contributed by atoms with Crippen molar-refractivity contribution in [3.05, 3.63) is 77.4 Å². The van der Waals surface area contributed by atoms with Gasteiger partial charge in [-0.15, -0.1) is 5.10 Å². The summed E-state index contributed by atoms with van der Waals surface area (Å²) in [7, 11) is 3.70. The van der Waals surface area contributed by atoms with Crippen LogP contribution in [-0.4, -0.2) is 39.9 Å². The molecule has 1 aliphatic heterocycles. The molecule has 7 heteroatoms. The van der Waals surface area contributed by atoms with Crippen molar-refractivity contribution < 1.29 is 9.18 Å². The standard InChI is InChI=1S/C19H18FN5O/c1-23-17-6-4-3-5-15(17)19(26)24(2)18(23)16-12-25(22-21-16)11-13-7-9-14(20)10-8-13/h3-10,12,18H,11H2,1-2H3/t18-/m0/s1. The number of aromatic nitrogens is 3. The first-order valence-electron chi connectivity index (χ1n) is 8.28. The summed E-state index contributed by atoms with van der Waals surface area (Å²) in [4.78, 5) is 16.4. The minimum Gasteiger partial charge on any atom is -0.348 e. The zero-order valence-corrected chi connectivity index (χ0v) is 14.5. The van der Waals surface area contributed by atoms with Crippen LogP contribution in [0.5, 0.6) is 0 Å². The molecule has 2 aromatic carbocycles. The molecule has 0 unspecified atom stereocenters. The monoisotopic (exact) mass is 351 g/mol. The number of para-hydroxylation sites is 1. The highest BCUT2D eigenvalue weighted by molar-refractivity contribution is 6.01. The minimum absolute atomic E-state index is 0.0446. The number of carbonyl (C=O) groups excluding carboxylic acids is 1. The largest absolute Gasteiger partial charge is 0.348 e. The molecule has 1 amide bonds. The molecule has 0 N–H and O–H groups in total. The molecule has 0 saturated carbocycles. The summed E-state index contributed by atoms with van der Waals surface area (Å²) in [5.41, 5.74) is 3.15. The molecule has 0 spiro atoms. The van der Waals surface area contributed by atoms with Crippen molar-refractivity contribution in [1.29, 1.82) is 0 Å².